The lowest BCUT2D eigenvalue weighted by atomic mass is 10.1. The van der Waals surface area contributed by atoms with Crippen molar-refractivity contribution in [3.8, 4) is 0 Å². The second-order valence-corrected chi connectivity index (χ2v) is 7.65. The summed E-state index contributed by atoms with van der Waals surface area (Å²) in [6.07, 6.45) is 12.5. The summed E-state index contributed by atoms with van der Waals surface area (Å²) >= 11 is 10.2. The molecular weight excluding hydrogens is 371 g/mol. The van der Waals surface area contributed by atoms with E-state index < -0.39 is 0 Å². The third-order valence-corrected chi connectivity index (χ3v) is 3.77. The number of alkyl halides is 2. The van der Waals surface area contributed by atoms with Crippen LogP contribution < -0.4 is 0 Å². The van der Waals surface area contributed by atoms with Crippen molar-refractivity contribution in [2.45, 2.75) is 61.0 Å². The van der Waals surface area contributed by atoms with Crippen LogP contribution in [0.2, 0.25) is 0 Å². The maximum atomic E-state index is 4.36. The molecule has 0 aromatic heterocycles. The molecule has 0 amide bonds. The zero-order valence-corrected chi connectivity index (χ0v) is 13.5. The molecule has 0 spiro atoms. The predicted octanol–water partition coefficient (Wildman–Crippen LogP) is 5.58. The summed E-state index contributed by atoms with van der Waals surface area (Å²) in [7, 11) is 0. The van der Waals surface area contributed by atoms with E-state index in [4.69, 9.17) is 0 Å². The number of unbranched alkanes of at least 4 members (excludes halogenated alkanes) is 7. The van der Waals surface area contributed by atoms with Crippen molar-refractivity contribution in [1.82, 2.24) is 0 Å². The lowest BCUT2D eigenvalue weighted by Gasteiger charge is -2.02. The van der Waals surface area contributed by atoms with Gasteiger partial charge in [0.2, 0.25) is 0 Å². The molecule has 0 heterocycles. The number of thiol groups is 1. The van der Waals surface area contributed by atoms with Crippen LogP contribution in [0, 0.1) is 0 Å². The van der Waals surface area contributed by atoms with Crippen LogP contribution in [0.25, 0.3) is 0 Å². The van der Waals surface area contributed by atoms with Gasteiger partial charge in [-0.05, 0) is 12.8 Å². The van der Waals surface area contributed by atoms with Crippen LogP contribution in [0.1, 0.15) is 57.8 Å². The van der Waals surface area contributed by atoms with Gasteiger partial charge in [0.15, 0.2) is 0 Å². The van der Waals surface area contributed by atoms with Crippen molar-refractivity contribution >= 4 is 51.1 Å². The van der Waals surface area contributed by atoms with E-state index in [9.17, 15) is 0 Å². The monoisotopic (exact) mass is 392 g/mol. The maximum absolute atomic E-state index is 4.36. The highest BCUT2D eigenvalue weighted by atomic mass is 127. The molecule has 0 aliphatic heterocycles. The van der Waals surface area contributed by atoms with Gasteiger partial charge in [-0.25, -0.2) is 0 Å². The summed E-state index contributed by atoms with van der Waals surface area (Å²) in [4.78, 5) is 0. The molecule has 0 bridgehead atoms. The highest BCUT2D eigenvalue weighted by molar-refractivity contribution is 14.1. The zero-order valence-electron chi connectivity index (χ0n) is 8.85. The minimum absolute atomic E-state index is 0.562. The van der Waals surface area contributed by atoms with Crippen LogP contribution in [0.15, 0.2) is 0 Å². The van der Waals surface area contributed by atoms with Gasteiger partial charge in [0.1, 0.15) is 0 Å². The lowest BCUT2D eigenvalue weighted by molar-refractivity contribution is 0.574. The summed E-state index contributed by atoms with van der Waals surface area (Å²) in [6, 6.07) is 0. The van der Waals surface area contributed by atoms with Crippen molar-refractivity contribution in [3.63, 3.8) is 0 Å². The second kappa shape index (κ2) is 12.6. The summed E-state index contributed by atoms with van der Waals surface area (Å²) in [5.41, 5.74) is 0. The molecule has 14 heavy (non-hydrogen) atoms. The Morgan fingerprint density at radius 3 is 1.71 bits per heavy atom. The normalized spacial score (nSPS) is 13.1. The molecule has 86 valence electrons. The first-order valence-electron chi connectivity index (χ1n) is 5.65. The van der Waals surface area contributed by atoms with E-state index in [2.05, 4.69) is 51.1 Å². The largest absolute Gasteiger partial charge is 0.165 e. The van der Waals surface area contributed by atoms with E-state index in [1.54, 1.807) is 0 Å². The molecule has 1 unspecified atom stereocenters. The van der Waals surface area contributed by atoms with Crippen LogP contribution in [0.5, 0.6) is 0 Å². The quantitative estimate of drug-likeness (QED) is 0.213. The van der Waals surface area contributed by atoms with Gasteiger partial charge in [0.25, 0.3) is 0 Å². The average molecular weight is 393 g/mol. The molecular formula is C11H22BrIS. The standard InChI is InChI=1S/C11H22BrIS/c12-10-8-6-4-2-1-3-5-7-9-11(13)14/h11,14H,1-10H2. The minimum Gasteiger partial charge on any atom is -0.165 e. The first-order valence-corrected chi connectivity index (χ1v) is 8.54. The summed E-state index contributed by atoms with van der Waals surface area (Å²) in [5, 5.41) is 1.17. The van der Waals surface area contributed by atoms with Gasteiger partial charge in [-0.2, -0.15) is 12.6 Å². The maximum Gasteiger partial charge on any atom is 0.0534 e. The Balaban J connectivity index is 2.85. The number of hydrogen-bond acceptors (Lipinski definition) is 1. The highest BCUT2D eigenvalue weighted by Gasteiger charge is 1.96. The van der Waals surface area contributed by atoms with Crippen LogP contribution in [0.3, 0.4) is 0 Å². The Morgan fingerprint density at radius 2 is 1.29 bits per heavy atom. The fourth-order valence-electron chi connectivity index (χ4n) is 1.47. The molecule has 0 radical (unpaired) electrons. The Hall–Kier alpha value is 1.56. The molecule has 0 nitrogen and oxygen atoms in total. The SMILES string of the molecule is SC(I)CCCCCCCCCCBr. The van der Waals surface area contributed by atoms with Gasteiger partial charge in [0.05, 0.1) is 3.26 Å². The molecule has 0 aliphatic rings. The van der Waals surface area contributed by atoms with Crippen LogP contribution in [0.4, 0.5) is 0 Å². The van der Waals surface area contributed by atoms with E-state index in [-0.39, 0.29) is 0 Å². The van der Waals surface area contributed by atoms with E-state index in [1.807, 2.05) is 0 Å². The van der Waals surface area contributed by atoms with Crippen LogP contribution in [-0.4, -0.2) is 8.59 Å². The third-order valence-electron chi connectivity index (χ3n) is 2.33. The van der Waals surface area contributed by atoms with E-state index in [0.717, 1.165) is 0 Å². The predicted molar refractivity (Wildman–Crippen MR) is 82.1 cm³/mol. The van der Waals surface area contributed by atoms with Gasteiger partial charge in [-0.1, -0.05) is 83.5 Å². The van der Waals surface area contributed by atoms with Crippen molar-refractivity contribution < 1.29 is 0 Å². The second-order valence-electron chi connectivity index (χ2n) is 3.74. The molecule has 0 fully saturated rings. The van der Waals surface area contributed by atoms with E-state index >= 15 is 0 Å². The summed E-state index contributed by atoms with van der Waals surface area (Å²) < 4.78 is 0.562. The molecule has 0 aromatic rings. The molecule has 3 heteroatoms. The molecule has 1 atom stereocenters. The van der Waals surface area contributed by atoms with Crippen molar-refractivity contribution in [2.75, 3.05) is 5.33 Å². The van der Waals surface area contributed by atoms with Gasteiger partial charge >= 0.3 is 0 Å². The lowest BCUT2D eigenvalue weighted by Crippen LogP contribution is -1.86. The number of halogens is 2. The van der Waals surface area contributed by atoms with Crippen LogP contribution in [-0.2, 0) is 0 Å². The van der Waals surface area contributed by atoms with Gasteiger partial charge in [0, 0.05) is 5.33 Å². The van der Waals surface area contributed by atoms with E-state index in [0.29, 0.717) is 3.26 Å². The fourth-order valence-corrected chi connectivity index (χ4v) is 2.49. The summed E-state index contributed by atoms with van der Waals surface area (Å²) in [5.74, 6) is 0. The Labute approximate surface area is 117 Å². The molecule has 0 aliphatic carbocycles. The van der Waals surface area contributed by atoms with Gasteiger partial charge in [-0.15, -0.1) is 0 Å². The van der Waals surface area contributed by atoms with Crippen molar-refractivity contribution in [2.24, 2.45) is 0 Å². The minimum atomic E-state index is 0.562. The molecule has 0 saturated heterocycles. The Bertz CT molecular complexity index is 109. The molecule has 0 aromatic carbocycles. The first-order chi connectivity index (χ1) is 6.77. The number of rotatable bonds is 10. The highest BCUT2D eigenvalue weighted by Crippen LogP contribution is 2.16. The molecule has 0 N–H and O–H groups in total. The van der Waals surface area contributed by atoms with Crippen LogP contribution >= 0.6 is 51.1 Å². The van der Waals surface area contributed by atoms with Crippen molar-refractivity contribution in [1.29, 1.82) is 0 Å². The number of hydrogen-bond donors (Lipinski definition) is 1. The Kier molecular flexibility index (Phi) is 14.0. The zero-order chi connectivity index (χ0) is 10.6. The average Bonchev–Trinajstić information content (AvgIpc) is 2.15. The van der Waals surface area contributed by atoms with Gasteiger partial charge in [-0.3, -0.25) is 0 Å². The van der Waals surface area contributed by atoms with Crippen molar-refractivity contribution in [3.05, 3.63) is 0 Å². The Morgan fingerprint density at radius 1 is 0.857 bits per heavy atom. The van der Waals surface area contributed by atoms with E-state index in [1.165, 1.54) is 63.1 Å². The third kappa shape index (κ3) is 13.6. The summed E-state index contributed by atoms with van der Waals surface area (Å²) in [6.45, 7) is 0. The first kappa shape index (κ1) is 15.6. The molecule has 0 rings (SSSR count). The fraction of sp³-hybridized carbons (Fsp3) is 1.00. The smallest absolute Gasteiger partial charge is 0.0534 e. The molecule has 0 saturated carbocycles. The van der Waals surface area contributed by atoms with Gasteiger partial charge < -0.3 is 0 Å². The topological polar surface area (TPSA) is 0 Å².